The van der Waals surface area contributed by atoms with Gasteiger partial charge in [0.1, 0.15) is 0 Å². The molecule has 0 spiro atoms. The van der Waals surface area contributed by atoms with Crippen LogP contribution in [0.25, 0.3) is 11.1 Å². The lowest BCUT2D eigenvalue weighted by Crippen LogP contribution is -2.39. The first kappa shape index (κ1) is 22.4. The van der Waals surface area contributed by atoms with Gasteiger partial charge in [-0.3, -0.25) is 9.59 Å². The summed E-state index contributed by atoms with van der Waals surface area (Å²) in [7, 11) is 1.56. The van der Waals surface area contributed by atoms with Gasteiger partial charge >= 0.3 is 0 Å². The number of ether oxygens (including phenoxy) is 2. The molecule has 1 aliphatic rings. The minimum Gasteiger partial charge on any atom is -0.493 e. The van der Waals surface area contributed by atoms with Gasteiger partial charge in [-0.25, -0.2) is 0 Å². The number of benzene rings is 3. The number of nitrogens with zero attached hydrogens (tertiary/aromatic N) is 1. The van der Waals surface area contributed by atoms with E-state index in [1.54, 1.807) is 24.1 Å². The molecule has 1 fully saturated rings. The minimum atomic E-state index is -0.340. The Kier molecular flexibility index (Phi) is 7.25. The van der Waals surface area contributed by atoms with Crippen LogP contribution in [0.5, 0.6) is 11.5 Å². The van der Waals surface area contributed by atoms with Crippen molar-refractivity contribution in [1.29, 1.82) is 0 Å². The first-order valence-electron chi connectivity index (χ1n) is 11.1. The number of rotatable bonds is 7. The molecule has 3 aromatic rings. The molecule has 0 saturated carbocycles. The van der Waals surface area contributed by atoms with Gasteiger partial charge in [0.25, 0.3) is 5.91 Å². The van der Waals surface area contributed by atoms with Crippen LogP contribution in [0.2, 0.25) is 0 Å². The lowest BCUT2D eigenvalue weighted by atomic mass is 9.91. The second kappa shape index (κ2) is 10.7. The normalized spacial score (nSPS) is 16.0. The molecule has 1 saturated heterocycles. The molecule has 33 heavy (non-hydrogen) atoms. The molecule has 170 valence electrons. The lowest BCUT2D eigenvalue weighted by Gasteiger charge is -2.24. The van der Waals surface area contributed by atoms with E-state index in [1.807, 2.05) is 42.5 Å². The molecule has 0 aliphatic carbocycles. The summed E-state index contributed by atoms with van der Waals surface area (Å²) in [6.45, 7) is 1.12. The van der Waals surface area contributed by atoms with Crippen LogP contribution in [0.3, 0.4) is 0 Å². The molecular formula is C27H28N2O4. The van der Waals surface area contributed by atoms with E-state index in [9.17, 15) is 9.59 Å². The third-order valence-electron chi connectivity index (χ3n) is 5.83. The van der Waals surface area contributed by atoms with Crippen molar-refractivity contribution in [2.24, 2.45) is 5.92 Å². The Balaban J connectivity index is 1.46. The number of para-hydroxylation sites is 2. The van der Waals surface area contributed by atoms with Crippen molar-refractivity contribution in [3.8, 4) is 22.6 Å². The summed E-state index contributed by atoms with van der Waals surface area (Å²) in [4.78, 5) is 27.4. The van der Waals surface area contributed by atoms with Gasteiger partial charge in [0.15, 0.2) is 18.1 Å². The second-order valence-corrected chi connectivity index (χ2v) is 7.99. The molecule has 6 nitrogen and oxygen atoms in total. The van der Waals surface area contributed by atoms with Crippen LogP contribution in [0.15, 0.2) is 78.9 Å². The highest BCUT2D eigenvalue weighted by Crippen LogP contribution is 2.27. The molecule has 1 atom stereocenters. The van der Waals surface area contributed by atoms with E-state index in [0.29, 0.717) is 37.6 Å². The Hall–Kier alpha value is -3.80. The fourth-order valence-corrected chi connectivity index (χ4v) is 4.11. The first-order chi connectivity index (χ1) is 16.2. The third-order valence-corrected chi connectivity index (χ3v) is 5.83. The summed E-state index contributed by atoms with van der Waals surface area (Å²) in [6, 6.07) is 25.5. The number of carbonyl (C=O) groups is 2. The number of amides is 2. The Morgan fingerprint density at radius 3 is 2.45 bits per heavy atom. The monoisotopic (exact) mass is 444 g/mol. The summed E-state index contributed by atoms with van der Waals surface area (Å²) in [5.41, 5.74) is 3.30. The van der Waals surface area contributed by atoms with Crippen LogP contribution >= 0.6 is 0 Å². The van der Waals surface area contributed by atoms with E-state index in [1.165, 1.54) is 0 Å². The van der Waals surface area contributed by atoms with Gasteiger partial charge in [-0.05, 0) is 35.2 Å². The highest BCUT2D eigenvalue weighted by Gasteiger charge is 2.28. The Bertz CT molecular complexity index is 1100. The topological polar surface area (TPSA) is 67.9 Å². The van der Waals surface area contributed by atoms with Crippen molar-refractivity contribution in [1.82, 2.24) is 10.2 Å². The maximum absolute atomic E-state index is 12.9. The Labute approximate surface area is 194 Å². The van der Waals surface area contributed by atoms with E-state index >= 15 is 0 Å². The average molecular weight is 445 g/mol. The average Bonchev–Trinajstić information content (AvgIpc) is 3.05. The summed E-state index contributed by atoms with van der Waals surface area (Å²) < 4.78 is 11.0. The highest BCUT2D eigenvalue weighted by atomic mass is 16.5. The van der Waals surface area contributed by atoms with Crippen LogP contribution in [-0.4, -0.2) is 50.1 Å². The van der Waals surface area contributed by atoms with Gasteiger partial charge in [0.2, 0.25) is 5.91 Å². The second-order valence-electron chi connectivity index (χ2n) is 7.99. The largest absolute Gasteiger partial charge is 0.493 e. The van der Waals surface area contributed by atoms with E-state index < -0.39 is 0 Å². The zero-order valence-corrected chi connectivity index (χ0v) is 18.7. The van der Waals surface area contributed by atoms with E-state index in [2.05, 4.69) is 29.6 Å². The van der Waals surface area contributed by atoms with Crippen molar-refractivity contribution >= 4 is 11.8 Å². The first-order valence-corrected chi connectivity index (χ1v) is 11.1. The Morgan fingerprint density at radius 2 is 1.67 bits per heavy atom. The molecule has 1 N–H and O–H groups in total. The van der Waals surface area contributed by atoms with Crippen molar-refractivity contribution in [3.63, 3.8) is 0 Å². The standard InChI is InChI=1S/C27H28N2O4/c1-32-24-13-7-8-14-25(24)33-19-26(30)29-16-15-28-27(31)22(18-29)17-21-11-5-6-12-23(21)20-9-3-2-4-10-20/h2-14,22H,15-19H2,1H3,(H,28,31). The van der Waals surface area contributed by atoms with Gasteiger partial charge in [0, 0.05) is 19.6 Å². The van der Waals surface area contributed by atoms with Crippen molar-refractivity contribution in [3.05, 3.63) is 84.4 Å². The highest BCUT2D eigenvalue weighted by molar-refractivity contribution is 5.83. The van der Waals surface area contributed by atoms with Crippen LogP contribution in [0.1, 0.15) is 5.56 Å². The molecule has 0 radical (unpaired) electrons. The maximum atomic E-state index is 12.9. The molecule has 0 aromatic heterocycles. The number of hydrogen-bond donors (Lipinski definition) is 1. The molecule has 0 bridgehead atoms. The fraction of sp³-hybridized carbons (Fsp3) is 0.259. The molecule has 1 aliphatic heterocycles. The Morgan fingerprint density at radius 1 is 0.970 bits per heavy atom. The van der Waals surface area contributed by atoms with Crippen LogP contribution < -0.4 is 14.8 Å². The number of methoxy groups -OCH3 is 1. The zero-order chi connectivity index (χ0) is 23.0. The van der Waals surface area contributed by atoms with Crippen molar-refractivity contribution < 1.29 is 19.1 Å². The number of hydrogen-bond acceptors (Lipinski definition) is 4. The molecule has 6 heteroatoms. The lowest BCUT2D eigenvalue weighted by molar-refractivity contribution is -0.134. The number of carbonyl (C=O) groups excluding carboxylic acids is 2. The smallest absolute Gasteiger partial charge is 0.260 e. The minimum absolute atomic E-state index is 0.0289. The predicted molar refractivity (Wildman–Crippen MR) is 127 cm³/mol. The molecule has 1 heterocycles. The SMILES string of the molecule is COc1ccccc1OCC(=O)N1CCNC(=O)C(Cc2ccccc2-c2ccccc2)C1. The molecule has 4 rings (SSSR count). The molecule has 1 unspecified atom stereocenters. The van der Waals surface area contributed by atoms with Gasteiger partial charge in [-0.15, -0.1) is 0 Å². The fourth-order valence-electron chi connectivity index (χ4n) is 4.11. The third kappa shape index (κ3) is 5.52. The maximum Gasteiger partial charge on any atom is 0.260 e. The summed E-state index contributed by atoms with van der Waals surface area (Å²) in [5, 5.41) is 2.96. The van der Waals surface area contributed by atoms with Gasteiger partial charge in [-0.1, -0.05) is 66.7 Å². The zero-order valence-electron chi connectivity index (χ0n) is 18.7. The van der Waals surface area contributed by atoms with Gasteiger partial charge in [0.05, 0.1) is 13.0 Å². The quantitative estimate of drug-likeness (QED) is 0.605. The van der Waals surface area contributed by atoms with Crippen LogP contribution in [0.4, 0.5) is 0 Å². The summed E-state index contributed by atoms with van der Waals surface area (Å²) >= 11 is 0. The summed E-state index contributed by atoms with van der Waals surface area (Å²) in [6.07, 6.45) is 0.550. The number of nitrogens with one attached hydrogen (secondary N) is 1. The van der Waals surface area contributed by atoms with E-state index in [4.69, 9.17) is 9.47 Å². The molecule has 3 aromatic carbocycles. The van der Waals surface area contributed by atoms with Crippen molar-refractivity contribution in [2.45, 2.75) is 6.42 Å². The predicted octanol–water partition coefficient (Wildman–Crippen LogP) is 3.56. The van der Waals surface area contributed by atoms with Gasteiger partial charge in [-0.2, -0.15) is 0 Å². The summed E-state index contributed by atoms with van der Waals surface area (Å²) in [5.74, 6) is 0.573. The molecule has 2 amide bonds. The van der Waals surface area contributed by atoms with Crippen LogP contribution in [-0.2, 0) is 16.0 Å². The van der Waals surface area contributed by atoms with Crippen LogP contribution in [0, 0.1) is 5.92 Å². The van der Waals surface area contributed by atoms with E-state index in [0.717, 1.165) is 16.7 Å². The van der Waals surface area contributed by atoms with E-state index in [-0.39, 0.29) is 24.3 Å². The van der Waals surface area contributed by atoms with Gasteiger partial charge < -0.3 is 19.7 Å². The molecular weight excluding hydrogens is 416 g/mol. The van der Waals surface area contributed by atoms with Crippen molar-refractivity contribution in [2.75, 3.05) is 33.4 Å².